The van der Waals surface area contributed by atoms with Gasteiger partial charge < -0.3 is 39.0 Å². The molecule has 1 rings (SSSR count). The van der Waals surface area contributed by atoms with E-state index in [2.05, 4.69) is 118 Å². The van der Waals surface area contributed by atoms with Gasteiger partial charge in [-0.05, 0) is 116 Å². The molecule has 3 N–H and O–H groups in total. The predicted molar refractivity (Wildman–Crippen MR) is 312 cm³/mol. The Morgan fingerprint density at radius 3 is 1.26 bits per heavy atom. The van der Waals surface area contributed by atoms with Gasteiger partial charge in [-0.1, -0.05) is 201 Å². The van der Waals surface area contributed by atoms with E-state index in [4.69, 9.17) is 23.7 Å². The second-order valence-corrected chi connectivity index (χ2v) is 20.2. The summed E-state index contributed by atoms with van der Waals surface area (Å²) in [7, 11) is 0. The molecule has 12 nitrogen and oxygen atoms in total. The zero-order chi connectivity index (χ0) is 56.1. The summed E-state index contributed by atoms with van der Waals surface area (Å²) < 4.78 is 28.4. The lowest BCUT2D eigenvalue weighted by Gasteiger charge is -2.40. The van der Waals surface area contributed by atoms with E-state index >= 15 is 0 Å². The maximum Gasteiger partial charge on any atom is 0.335 e. The van der Waals surface area contributed by atoms with Crippen molar-refractivity contribution in [2.75, 3.05) is 13.2 Å². The van der Waals surface area contributed by atoms with Gasteiger partial charge in [0.1, 0.15) is 18.8 Å². The van der Waals surface area contributed by atoms with Crippen molar-refractivity contribution in [3.63, 3.8) is 0 Å². The number of aliphatic hydroxyl groups is 2. The van der Waals surface area contributed by atoms with Crippen molar-refractivity contribution in [1.29, 1.82) is 0 Å². The molecule has 1 aliphatic heterocycles. The lowest BCUT2D eigenvalue weighted by atomic mass is 9.98. The topological polar surface area (TPSA) is 175 Å². The van der Waals surface area contributed by atoms with E-state index < -0.39 is 67.3 Å². The van der Waals surface area contributed by atoms with Crippen LogP contribution in [0.15, 0.2) is 97.2 Å². The Labute approximate surface area is 466 Å². The van der Waals surface area contributed by atoms with Gasteiger partial charge in [-0.25, -0.2) is 4.79 Å². The third-order valence-corrected chi connectivity index (χ3v) is 13.1. The quantitative estimate of drug-likeness (QED) is 0.0228. The van der Waals surface area contributed by atoms with Crippen LogP contribution in [0.3, 0.4) is 0 Å². The van der Waals surface area contributed by atoms with Crippen molar-refractivity contribution < 1.29 is 58.2 Å². The van der Waals surface area contributed by atoms with Gasteiger partial charge in [0.15, 0.2) is 24.6 Å². The summed E-state index contributed by atoms with van der Waals surface area (Å²) in [6, 6.07) is 0. The van der Waals surface area contributed by atoms with Crippen molar-refractivity contribution in [3.8, 4) is 0 Å². The molecule has 0 radical (unpaired) electrons. The van der Waals surface area contributed by atoms with E-state index in [1.807, 2.05) is 0 Å². The second kappa shape index (κ2) is 52.3. The summed E-state index contributed by atoms with van der Waals surface area (Å²) in [5, 5.41) is 31.5. The van der Waals surface area contributed by atoms with Crippen LogP contribution in [-0.2, 0) is 42.9 Å². The molecule has 1 heterocycles. The highest BCUT2D eigenvalue weighted by Gasteiger charge is 2.50. The molecule has 12 heteroatoms. The van der Waals surface area contributed by atoms with Crippen LogP contribution in [0.4, 0.5) is 0 Å². The van der Waals surface area contributed by atoms with Gasteiger partial charge in [0.05, 0.1) is 6.61 Å². The zero-order valence-electron chi connectivity index (χ0n) is 48.2. The molecular formula is C65H106O12. The fraction of sp³-hybridized carbons (Fsp3) is 0.692. The molecule has 0 aromatic rings. The number of carboxylic acid groups (broad SMARTS) is 1. The van der Waals surface area contributed by atoms with Gasteiger partial charge in [0.2, 0.25) is 0 Å². The van der Waals surface area contributed by atoms with Crippen LogP contribution in [0.2, 0.25) is 0 Å². The summed E-state index contributed by atoms with van der Waals surface area (Å²) >= 11 is 0. The summed E-state index contributed by atoms with van der Waals surface area (Å²) in [4.78, 5) is 51.2. The molecule has 438 valence electrons. The number of hydrogen-bond acceptors (Lipinski definition) is 11. The Balaban J connectivity index is 2.71. The minimum atomic E-state index is -1.92. The van der Waals surface area contributed by atoms with Crippen LogP contribution < -0.4 is 0 Å². The number of carbonyl (C=O) groups excluding carboxylic acids is 3. The third kappa shape index (κ3) is 42.3. The highest BCUT2D eigenvalue weighted by atomic mass is 16.7. The molecule has 0 aliphatic carbocycles. The van der Waals surface area contributed by atoms with Crippen molar-refractivity contribution in [1.82, 2.24) is 0 Å². The van der Waals surface area contributed by atoms with Crippen molar-refractivity contribution >= 4 is 23.9 Å². The number of esters is 3. The van der Waals surface area contributed by atoms with Crippen LogP contribution in [-0.4, -0.2) is 89.2 Å². The normalized spacial score (nSPS) is 18.7. The monoisotopic (exact) mass is 1080 g/mol. The number of aliphatic carboxylic acids is 1. The highest BCUT2D eigenvalue weighted by molar-refractivity contribution is 5.74. The summed E-state index contributed by atoms with van der Waals surface area (Å²) in [5.41, 5.74) is 0. The lowest BCUT2D eigenvalue weighted by Crippen LogP contribution is -2.61. The largest absolute Gasteiger partial charge is 0.479 e. The molecule has 6 unspecified atom stereocenters. The Kier molecular flexibility index (Phi) is 48.0. The maximum atomic E-state index is 13.2. The first-order valence-corrected chi connectivity index (χ1v) is 30.2. The average Bonchev–Trinajstić information content (AvgIpc) is 3.42. The first-order chi connectivity index (χ1) is 37.6. The number of aliphatic hydroxyl groups excluding tert-OH is 2. The molecule has 0 saturated carbocycles. The Bertz CT molecular complexity index is 1710. The Morgan fingerprint density at radius 2 is 0.818 bits per heavy atom. The average molecular weight is 1080 g/mol. The summed E-state index contributed by atoms with van der Waals surface area (Å²) in [6.07, 6.45) is 56.6. The van der Waals surface area contributed by atoms with E-state index in [0.29, 0.717) is 19.3 Å². The standard InChI is InChI=1S/C65H106O12/c1-4-7-10-13-16-19-22-25-27-29-31-34-36-39-42-45-48-51-57(66)73-54-56(75-58(67)52-49-46-43-40-38-35-32-30-28-26-23-20-17-14-11-8-5-2)55-74-65-63(61(70)60(69)62(77-65)64(71)72)76-59(68)53-50-47-44-41-37-33-24-21-18-15-12-9-6-3/h7,9-10,12,16-21,25-28,33,37,56,60-63,65,69-70H,4-6,8,11,13-15,22-24,29-32,34-36,38-55H2,1-3H3,(H,71,72)/b10-7-,12-9-,19-16-,20-17-,21-18-,27-25-,28-26-,37-33-. The molecule has 0 aromatic heterocycles. The molecule has 6 atom stereocenters. The third-order valence-electron chi connectivity index (χ3n) is 13.1. The molecule has 0 aromatic carbocycles. The van der Waals surface area contributed by atoms with E-state index in [1.165, 1.54) is 32.1 Å². The van der Waals surface area contributed by atoms with E-state index in [1.54, 1.807) is 0 Å². The molecule has 1 fully saturated rings. The van der Waals surface area contributed by atoms with Crippen molar-refractivity contribution in [3.05, 3.63) is 97.2 Å². The molecule has 0 amide bonds. The SMILES string of the molecule is CC/C=C\C/C=C\C/C=C\CCCCCCCCCC(=O)OCC(COC1OC(C(=O)O)C(O)C(O)C1OC(=O)CCCCC/C=C\C/C=C\C/C=C\CC)OC(=O)CCCCCCCCC/C=C\C/C=C\CCCCC. The Morgan fingerprint density at radius 1 is 0.442 bits per heavy atom. The lowest BCUT2D eigenvalue weighted by molar-refractivity contribution is -0.301. The van der Waals surface area contributed by atoms with Crippen LogP contribution in [0.1, 0.15) is 239 Å². The minimum absolute atomic E-state index is 0.0196. The smallest absolute Gasteiger partial charge is 0.335 e. The highest BCUT2D eigenvalue weighted by Crippen LogP contribution is 2.26. The number of rotatable bonds is 50. The maximum absolute atomic E-state index is 13.2. The minimum Gasteiger partial charge on any atom is -0.479 e. The number of allylic oxidation sites excluding steroid dienone is 16. The first-order valence-electron chi connectivity index (χ1n) is 30.2. The first kappa shape index (κ1) is 70.7. The number of ether oxygens (including phenoxy) is 5. The van der Waals surface area contributed by atoms with Gasteiger partial charge in [0, 0.05) is 19.3 Å². The predicted octanol–water partition coefficient (Wildman–Crippen LogP) is 15.7. The van der Waals surface area contributed by atoms with E-state index in [-0.39, 0.29) is 25.9 Å². The van der Waals surface area contributed by atoms with Crippen LogP contribution in [0, 0.1) is 0 Å². The fourth-order valence-corrected chi connectivity index (χ4v) is 8.54. The number of hydrogen-bond donors (Lipinski definition) is 3. The molecule has 77 heavy (non-hydrogen) atoms. The van der Waals surface area contributed by atoms with Crippen LogP contribution in [0.25, 0.3) is 0 Å². The second-order valence-electron chi connectivity index (χ2n) is 20.2. The number of carbonyl (C=O) groups is 4. The fourth-order valence-electron chi connectivity index (χ4n) is 8.54. The van der Waals surface area contributed by atoms with E-state index in [9.17, 15) is 34.5 Å². The van der Waals surface area contributed by atoms with Gasteiger partial charge in [-0.2, -0.15) is 0 Å². The summed E-state index contributed by atoms with van der Waals surface area (Å²) in [5.74, 6) is -3.19. The number of carboxylic acids is 1. The molecule has 0 spiro atoms. The van der Waals surface area contributed by atoms with Gasteiger partial charge >= 0.3 is 23.9 Å². The molecule has 0 bridgehead atoms. The van der Waals surface area contributed by atoms with Gasteiger partial charge in [-0.3, -0.25) is 14.4 Å². The Hall–Kier alpha value is -4.36. The molecule has 1 aliphatic rings. The van der Waals surface area contributed by atoms with Gasteiger partial charge in [-0.15, -0.1) is 0 Å². The van der Waals surface area contributed by atoms with Crippen molar-refractivity contribution in [2.24, 2.45) is 0 Å². The number of unbranched alkanes of at least 4 members (excludes halogenated alkanes) is 20. The van der Waals surface area contributed by atoms with Crippen molar-refractivity contribution in [2.45, 2.75) is 276 Å². The molecular weight excluding hydrogens is 973 g/mol. The van der Waals surface area contributed by atoms with Gasteiger partial charge in [0.25, 0.3) is 0 Å². The van der Waals surface area contributed by atoms with Crippen LogP contribution in [0.5, 0.6) is 0 Å². The van der Waals surface area contributed by atoms with E-state index in [0.717, 1.165) is 148 Å². The summed E-state index contributed by atoms with van der Waals surface area (Å²) in [6.45, 7) is 5.71. The molecule has 1 saturated heterocycles. The zero-order valence-corrected chi connectivity index (χ0v) is 48.2. The van der Waals surface area contributed by atoms with Crippen LogP contribution >= 0.6 is 0 Å².